The van der Waals surface area contributed by atoms with Gasteiger partial charge in [-0.05, 0) is 55.1 Å². The second kappa shape index (κ2) is 10.5. The van der Waals surface area contributed by atoms with Crippen molar-refractivity contribution in [3.63, 3.8) is 0 Å². The summed E-state index contributed by atoms with van der Waals surface area (Å²) in [6, 6.07) is 17.7. The molecule has 8 heteroatoms. The molecule has 0 radical (unpaired) electrons. The normalized spacial score (nSPS) is 14.5. The molecule has 0 saturated heterocycles. The number of aromatic nitrogens is 2. The number of rotatable bonds is 8. The first-order chi connectivity index (χ1) is 15.5. The Hall–Kier alpha value is -2.42. The molecule has 1 aliphatic heterocycles. The Balaban J connectivity index is 1.26. The van der Waals surface area contributed by atoms with Crippen LogP contribution in [0.5, 0.6) is 5.75 Å². The molecular formula is C24H27N3O3S2. The summed E-state index contributed by atoms with van der Waals surface area (Å²) in [7, 11) is -3.50. The van der Waals surface area contributed by atoms with Gasteiger partial charge >= 0.3 is 10.1 Å². The minimum atomic E-state index is -3.50. The molecule has 0 N–H and O–H groups in total. The summed E-state index contributed by atoms with van der Waals surface area (Å²) in [6.45, 7) is 2.98. The maximum absolute atomic E-state index is 11.4. The lowest BCUT2D eigenvalue weighted by atomic mass is 10.0. The molecule has 168 valence electrons. The molecule has 2 aromatic carbocycles. The number of thioether (sulfide) groups is 1. The average Bonchev–Trinajstić information content (AvgIpc) is 2.98. The quantitative estimate of drug-likeness (QED) is 0.213. The number of hydrogen-bond donors (Lipinski definition) is 0. The van der Waals surface area contributed by atoms with Crippen LogP contribution < -0.4 is 4.18 Å². The molecule has 4 rings (SSSR count). The third-order valence-corrected chi connectivity index (χ3v) is 6.82. The first-order valence-corrected chi connectivity index (χ1v) is 13.5. The van der Waals surface area contributed by atoms with Gasteiger partial charge in [0.1, 0.15) is 5.75 Å². The van der Waals surface area contributed by atoms with E-state index in [0.717, 1.165) is 67.3 Å². The largest absolute Gasteiger partial charge is 0.383 e. The maximum atomic E-state index is 11.4. The second-order valence-corrected chi connectivity index (χ2v) is 10.5. The summed E-state index contributed by atoms with van der Waals surface area (Å²) < 4.78 is 27.8. The summed E-state index contributed by atoms with van der Waals surface area (Å²) in [5.41, 5.74) is 4.50. The number of hydrogen-bond acceptors (Lipinski definition) is 7. The van der Waals surface area contributed by atoms with Crippen LogP contribution in [-0.4, -0.2) is 54.9 Å². The fourth-order valence-corrected chi connectivity index (χ4v) is 5.04. The van der Waals surface area contributed by atoms with E-state index in [0.29, 0.717) is 5.75 Å². The number of fused-ring (bicyclic) bond motifs is 1. The van der Waals surface area contributed by atoms with Gasteiger partial charge in [-0.1, -0.05) is 48.2 Å². The predicted octanol–water partition coefficient (Wildman–Crippen LogP) is 4.07. The van der Waals surface area contributed by atoms with Gasteiger partial charge in [0, 0.05) is 30.6 Å². The first kappa shape index (κ1) is 22.8. The Kier molecular flexibility index (Phi) is 7.44. The molecule has 32 heavy (non-hydrogen) atoms. The van der Waals surface area contributed by atoms with E-state index in [1.54, 1.807) is 17.8 Å². The van der Waals surface area contributed by atoms with Crippen molar-refractivity contribution in [2.24, 2.45) is 0 Å². The van der Waals surface area contributed by atoms with Crippen LogP contribution in [0.25, 0.3) is 11.3 Å². The van der Waals surface area contributed by atoms with Crippen LogP contribution in [0.2, 0.25) is 0 Å². The minimum Gasteiger partial charge on any atom is -0.383 e. The summed E-state index contributed by atoms with van der Waals surface area (Å²) in [5.74, 6) is 1.36. The summed E-state index contributed by atoms with van der Waals surface area (Å²) in [4.78, 5) is 11.6. The SMILES string of the molecule is CS(=O)(=O)Oc1ccc2c(c1)CCN(CCCSc1nccc(-c3ccccc3)n1)CC2. The lowest BCUT2D eigenvalue weighted by molar-refractivity contribution is 0.289. The fourth-order valence-electron chi connectivity index (χ4n) is 3.83. The molecule has 0 unspecified atom stereocenters. The van der Waals surface area contributed by atoms with Gasteiger partial charge in [-0.3, -0.25) is 0 Å². The molecule has 0 amide bonds. The highest BCUT2D eigenvalue weighted by molar-refractivity contribution is 7.99. The molecule has 0 aliphatic carbocycles. The molecular weight excluding hydrogens is 442 g/mol. The van der Waals surface area contributed by atoms with E-state index >= 15 is 0 Å². The van der Waals surface area contributed by atoms with Gasteiger partial charge in [-0.25, -0.2) is 9.97 Å². The zero-order valence-electron chi connectivity index (χ0n) is 18.1. The van der Waals surface area contributed by atoms with Crippen LogP contribution in [0.15, 0.2) is 66.0 Å². The molecule has 2 heterocycles. The van der Waals surface area contributed by atoms with Crippen LogP contribution in [0.4, 0.5) is 0 Å². The zero-order chi connectivity index (χ0) is 22.4. The summed E-state index contributed by atoms with van der Waals surface area (Å²) >= 11 is 1.70. The van der Waals surface area contributed by atoms with Gasteiger partial charge in [0.05, 0.1) is 11.9 Å². The van der Waals surface area contributed by atoms with Gasteiger partial charge in [0.25, 0.3) is 0 Å². The Morgan fingerprint density at radius 1 is 1.03 bits per heavy atom. The maximum Gasteiger partial charge on any atom is 0.306 e. The van der Waals surface area contributed by atoms with E-state index in [2.05, 4.69) is 27.0 Å². The molecule has 0 fully saturated rings. The van der Waals surface area contributed by atoms with Crippen molar-refractivity contribution in [1.82, 2.24) is 14.9 Å². The van der Waals surface area contributed by atoms with Crippen molar-refractivity contribution in [3.05, 3.63) is 71.9 Å². The van der Waals surface area contributed by atoms with Crippen molar-refractivity contribution in [1.29, 1.82) is 0 Å². The number of benzene rings is 2. The first-order valence-electron chi connectivity index (χ1n) is 10.7. The van der Waals surface area contributed by atoms with Crippen LogP contribution in [0.3, 0.4) is 0 Å². The van der Waals surface area contributed by atoms with Crippen molar-refractivity contribution >= 4 is 21.9 Å². The Bertz CT molecular complexity index is 1150. The molecule has 3 aromatic rings. The van der Waals surface area contributed by atoms with Crippen molar-refractivity contribution in [3.8, 4) is 17.0 Å². The molecule has 0 bridgehead atoms. The summed E-state index contributed by atoms with van der Waals surface area (Å²) in [6.07, 6.45) is 5.81. The van der Waals surface area contributed by atoms with Gasteiger partial charge in [-0.2, -0.15) is 8.42 Å². The van der Waals surface area contributed by atoms with Crippen LogP contribution in [0, 0.1) is 0 Å². The lowest BCUT2D eigenvalue weighted by Gasteiger charge is -2.19. The predicted molar refractivity (Wildman–Crippen MR) is 129 cm³/mol. The van der Waals surface area contributed by atoms with E-state index in [4.69, 9.17) is 4.18 Å². The fraction of sp³-hybridized carbons (Fsp3) is 0.333. The molecule has 1 aliphatic rings. The highest BCUT2D eigenvalue weighted by Crippen LogP contribution is 2.24. The highest BCUT2D eigenvalue weighted by atomic mass is 32.2. The topological polar surface area (TPSA) is 72.4 Å². The zero-order valence-corrected chi connectivity index (χ0v) is 19.7. The Morgan fingerprint density at radius 3 is 2.59 bits per heavy atom. The summed E-state index contributed by atoms with van der Waals surface area (Å²) in [5, 5.41) is 0.813. The Morgan fingerprint density at radius 2 is 1.81 bits per heavy atom. The number of nitrogens with zero attached hydrogens (tertiary/aromatic N) is 3. The lowest BCUT2D eigenvalue weighted by Crippen LogP contribution is -2.27. The highest BCUT2D eigenvalue weighted by Gasteiger charge is 2.15. The van der Waals surface area contributed by atoms with Crippen LogP contribution in [-0.2, 0) is 23.0 Å². The Labute approximate surface area is 194 Å². The van der Waals surface area contributed by atoms with E-state index in [1.807, 2.05) is 42.6 Å². The smallest absolute Gasteiger partial charge is 0.306 e. The molecule has 0 spiro atoms. The van der Waals surface area contributed by atoms with E-state index < -0.39 is 10.1 Å². The second-order valence-electron chi connectivity index (χ2n) is 7.85. The van der Waals surface area contributed by atoms with Crippen LogP contribution >= 0.6 is 11.8 Å². The van der Waals surface area contributed by atoms with Gasteiger partial charge in [-0.15, -0.1) is 0 Å². The average molecular weight is 470 g/mol. The minimum absolute atomic E-state index is 0.397. The van der Waals surface area contributed by atoms with Crippen LogP contribution in [0.1, 0.15) is 17.5 Å². The van der Waals surface area contributed by atoms with E-state index in [-0.39, 0.29) is 0 Å². The molecule has 0 saturated carbocycles. The van der Waals surface area contributed by atoms with E-state index in [1.165, 1.54) is 11.1 Å². The molecule has 6 nitrogen and oxygen atoms in total. The van der Waals surface area contributed by atoms with Crippen molar-refractivity contribution in [2.45, 2.75) is 24.4 Å². The molecule has 1 aromatic heterocycles. The monoisotopic (exact) mass is 469 g/mol. The van der Waals surface area contributed by atoms with Crippen molar-refractivity contribution in [2.75, 3.05) is 31.6 Å². The third-order valence-electron chi connectivity index (χ3n) is 5.37. The van der Waals surface area contributed by atoms with Gasteiger partial charge < -0.3 is 9.08 Å². The van der Waals surface area contributed by atoms with Gasteiger partial charge in [0.2, 0.25) is 0 Å². The molecule has 0 atom stereocenters. The van der Waals surface area contributed by atoms with Gasteiger partial charge in [0.15, 0.2) is 5.16 Å². The van der Waals surface area contributed by atoms with E-state index in [9.17, 15) is 8.42 Å². The third kappa shape index (κ3) is 6.54. The van der Waals surface area contributed by atoms with Crippen molar-refractivity contribution < 1.29 is 12.6 Å². The standard InChI is InChI=1S/C24H27N3O3S2/c1-32(28,29)30-22-9-8-19-11-15-27(16-12-21(19)18-22)14-5-17-31-24-25-13-10-23(26-24)20-6-3-2-4-7-20/h2-4,6-10,13,18H,5,11-12,14-17H2,1H3.